The fourth-order valence-electron chi connectivity index (χ4n) is 4.26. The molecule has 0 saturated heterocycles. The van der Waals surface area contributed by atoms with Crippen molar-refractivity contribution in [2.75, 3.05) is 0 Å². The fraction of sp³-hybridized carbons (Fsp3) is 0.429. The lowest BCUT2D eigenvalue weighted by Crippen LogP contribution is -2.27. The number of fused-ring (bicyclic) bond motifs is 1. The highest BCUT2D eigenvalue weighted by atomic mass is 19.4. The van der Waals surface area contributed by atoms with Gasteiger partial charge in [0.15, 0.2) is 5.65 Å². The highest BCUT2D eigenvalue weighted by Crippen LogP contribution is 2.42. The van der Waals surface area contributed by atoms with E-state index in [9.17, 15) is 23.4 Å². The number of aryl methyl sites for hydroxylation is 2. The van der Waals surface area contributed by atoms with Crippen LogP contribution in [-0.4, -0.2) is 31.1 Å². The van der Waals surface area contributed by atoms with Crippen LogP contribution in [0.15, 0.2) is 24.4 Å². The summed E-state index contributed by atoms with van der Waals surface area (Å²) in [5.74, 6) is -0.481. The van der Waals surface area contributed by atoms with E-state index in [1.54, 1.807) is 0 Å². The number of aliphatic hydroxyl groups excluding tert-OH is 1. The number of halogens is 3. The van der Waals surface area contributed by atoms with Crippen LogP contribution in [-0.2, 0) is 6.18 Å². The second-order valence-electron chi connectivity index (χ2n) is 7.81. The van der Waals surface area contributed by atoms with Crippen LogP contribution < -0.4 is 0 Å². The maximum absolute atomic E-state index is 13.6. The number of nitrogens with zero attached hydrogens (tertiary/aromatic N) is 3. The van der Waals surface area contributed by atoms with Gasteiger partial charge in [-0.05, 0) is 56.0 Å². The number of aromatic nitrogens is 3. The Kier molecular flexibility index (Phi) is 4.77. The maximum atomic E-state index is 13.6. The molecule has 29 heavy (non-hydrogen) atoms. The third-order valence-electron chi connectivity index (χ3n) is 5.65. The van der Waals surface area contributed by atoms with E-state index in [4.69, 9.17) is 0 Å². The Morgan fingerprint density at radius 1 is 1.07 bits per heavy atom. The number of hydrogen-bond acceptors (Lipinski definition) is 4. The summed E-state index contributed by atoms with van der Waals surface area (Å²) in [6.07, 6.45) is 0.228. The highest BCUT2D eigenvalue weighted by Gasteiger charge is 2.36. The molecule has 1 aromatic carbocycles. The highest BCUT2D eigenvalue weighted by molar-refractivity contribution is 5.85. The van der Waals surface area contributed by atoms with Crippen LogP contribution in [0.4, 0.5) is 13.2 Å². The molecule has 1 aliphatic carbocycles. The van der Waals surface area contributed by atoms with E-state index in [1.807, 2.05) is 17.7 Å². The van der Waals surface area contributed by atoms with Crippen molar-refractivity contribution < 1.29 is 23.4 Å². The van der Waals surface area contributed by atoms with Crippen molar-refractivity contribution in [3.8, 4) is 17.0 Å². The zero-order valence-electron chi connectivity index (χ0n) is 16.2. The van der Waals surface area contributed by atoms with E-state index in [0.29, 0.717) is 23.0 Å². The Hall–Kier alpha value is -2.61. The van der Waals surface area contributed by atoms with Crippen molar-refractivity contribution >= 4 is 11.0 Å². The second-order valence-corrected chi connectivity index (χ2v) is 7.81. The van der Waals surface area contributed by atoms with E-state index in [0.717, 1.165) is 30.9 Å². The molecule has 2 atom stereocenters. The van der Waals surface area contributed by atoms with Gasteiger partial charge in [-0.25, -0.2) is 0 Å². The van der Waals surface area contributed by atoms with Crippen molar-refractivity contribution in [1.29, 1.82) is 0 Å². The first-order valence-electron chi connectivity index (χ1n) is 9.61. The molecule has 2 heterocycles. The molecular formula is C21H22F3N3O2. The number of alkyl halides is 3. The number of rotatable bonds is 2. The first kappa shape index (κ1) is 19.7. The largest absolute Gasteiger partial charge is 0.507 e. The number of benzene rings is 1. The molecule has 0 bridgehead atoms. The van der Waals surface area contributed by atoms with E-state index in [2.05, 4.69) is 10.2 Å². The van der Waals surface area contributed by atoms with Crippen LogP contribution in [0.5, 0.6) is 5.75 Å². The molecule has 154 valence electrons. The molecule has 0 spiro atoms. The molecule has 0 unspecified atom stereocenters. The summed E-state index contributed by atoms with van der Waals surface area (Å²) >= 11 is 0. The minimum atomic E-state index is -4.64. The van der Waals surface area contributed by atoms with Crippen molar-refractivity contribution in [2.24, 2.45) is 0 Å². The summed E-state index contributed by atoms with van der Waals surface area (Å²) in [5, 5.41) is 29.5. The van der Waals surface area contributed by atoms with Gasteiger partial charge < -0.3 is 14.8 Å². The van der Waals surface area contributed by atoms with Crippen molar-refractivity contribution in [3.63, 3.8) is 0 Å². The summed E-state index contributed by atoms with van der Waals surface area (Å²) in [6.45, 7) is 3.34. The fourth-order valence-corrected chi connectivity index (χ4v) is 4.26. The molecule has 8 heteroatoms. The zero-order chi connectivity index (χ0) is 20.9. The monoisotopic (exact) mass is 405 g/mol. The molecule has 1 saturated carbocycles. The molecule has 2 N–H and O–H groups in total. The van der Waals surface area contributed by atoms with Gasteiger partial charge in [-0.2, -0.15) is 13.2 Å². The van der Waals surface area contributed by atoms with Crippen LogP contribution in [0.25, 0.3) is 22.3 Å². The summed E-state index contributed by atoms with van der Waals surface area (Å²) in [5.41, 5.74) is 0.311. The van der Waals surface area contributed by atoms with Gasteiger partial charge >= 0.3 is 6.18 Å². The van der Waals surface area contributed by atoms with E-state index in [1.165, 1.54) is 19.1 Å². The molecule has 4 rings (SSSR count). The molecule has 1 aliphatic rings. The van der Waals surface area contributed by atoms with Gasteiger partial charge in [0, 0.05) is 11.6 Å². The van der Waals surface area contributed by atoms with Gasteiger partial charge in [-0.1, -0.05) is 12.8 Å². The predicted octanol–water partition coefficient (Wildman–Crippen LogP) is 4.92. The molecule has 5 nitrogen and oxygen atoms in total. The Morgan fingerprint density at radius 2 is 1.79 bits per heavy atom. The Balaban J connectivity index is 1.87. The number of phenolic OH excluding ortho intramolecular Hbond substituents is 1. The van der Waals surface area contributed by atoms with Crippen LogP contribution >= 0.6 is 0 Å². The molecule has 2 aromatic heterocycles. The SMILES string of the molecule is Cc1cc(O)c(-c2cc3c(C)cn([C@@H]4CCCC[C@H]4O)c3nn2)c(C(F)(F)F)c1. The van der Waals surface area contributed by atoms with Gasteiger partial charge in [0.2, 0.25) is 0 Å². The van der Waals surface area contributed by atoms with Gasteiger partial charge in [0.25, 0.3) is 0 Å². The molecule has 0 amide bonds. The van der Waals surface area contributed by atoms with E-state index >= 15 is 0 Å². The standard InChI is InChI=1S/C21H22F3N3O2/c1-11-7-14(21(22,23)24)19(18(29)8-11)15-9-13-12(2)10-27(20(13)26-25-15)16-5-3-4-6-17(16)28/h7-10,16-17,28-29H,3-6H2,1-2H3/t16-,17-/m1/s1. The third-order valence-corrected chi connectivity index (χ3v) is 5.65. The van der Waals surface area contributed by atoms with Crippen LogP contribution in [0.2, 0.25) is 0 Å². The minimum Gasteiger partial charge on any atom is -0.507 e. The number of aromatic hydroxyl groups is 1. The Labute approximate surface area is 165 Å². The number of hydrogen-bond donors (Lipinski definition) is 2. The quantitative estimate of drug-likeness (QED) is 0.635. The van der Waals surface area contributed by atoms with Crippen LogP contribution in [0, 0.1) is 13.8 Å². The first-order chi connectivity index (χ1) is 13.7. The lowest BCUT2D eigenvalue weighted by molar-refractivity contribution is -0.137. The van der Waals surface area contributed by atoms with E-state index < -0.39 is 23.6 Å². The summed E-state index contributed by atoms with van der Waals surface area (Å²) < 4.78 is 42.6. The average molecular weight is 405 g/mol. The second kappa shape index (κ2) is 7.02. The molecule has 0 radical (unpaired) electrons. The van der Waals surface area contributed by atoms with Gasteiger partial charge in [0.05, 0.1) is 29.0 Å². The van der Waals surface area contributed by atoms with Crippen LogP contribution in [0.1, 0.15) is 48.4 Å². The predicted molar refractivity (Wildman–Crippen MR) is 103 cm³/mol. The zero-order valence-corrected chi connectivity index (χ0v) is 16.2. The first-order valence-corrected chi connectivity index (χ1v) is 9.61. The Bertz CT molecular complexity index is 1080. The lowest BCUT2D eigenvalue weighted by Gasteiger charge is -2.29. The normalized spacial score (nSPS) is 20.3. The smallest absolute Gasteiger partial charge is 0.417 e. The van der Waals surface area contributed by atoms with Crippen molar-refractivity contribution in [3.05, 3.63) is 41.1 Å². The number of phenols is 1. The van der Waals surface area contributed by atoms with Gasteiger partial charge in [0.1, 0.15) is 5.75 Å². The minimum absolute atomic E-state index is 0.0348. The maximum Gasteiger partial charge on any atom is 0.417 e. The number of aliphatic hydroxyl groups is 1. The van der Waals surface area contributed by atoms with Crippen molar-refractivity contribution in [1.82, 2.24) is 14.8 Å². The molecule has 3 aromatic rings. The molecule has 0 aliphatic heterocycles. The average Bonchev–Trinajstić information content (AvgIpc) is 2.97. The molecule has 1 fully saturated rings. The molecular weight excluding hydrogens is 383 g/mol. The summed E-state index contributed by atoms with van der Waals surface area (Å²) in [6, 6.07) is 3.69. The lowest BCUT2D eigenvalue weighted by atomic mass is 9.92. The van der Waals surface area contributed by atoms with E-state index in [-0.39, 0.29) is 17.3 Å². The van der Waals surface area contributed by atoms with Crippen LogP contribution in [0.3, 0.4) is 0 Å². The van der Waals surface area contributed by atoms with Gasteiger partial charge in [-0.15, -0.1) is 10.2 Å². The third kappa shape index (κ3) is 3.46. The summed E-state index contributed by atoms with van der Waals surface area (Å²) in [7, 11) is 0. The summed E-state index contributed by atoms with van der Waals surface area (Å²) in [4.78, 5) is 0. The Morgan fingerprint density at radius 3 is 2.48 bits per heavy atom. The van der Waals surface area contributed by atoms with Crippen molar-refractivity contribution in [2.45, 2.75) is 57.9 Å². The topological polar surface area (TPSA) is 71.2 Å². The van der Waals surface area contributed by atoms with Gasteiger partial charge in [-0.3, -0.25) is 0 Å².